The van der Waals surface area contributed by atoms with Crippen molar-refractivity contribution in [1.82, 2.24) is 4.90 Å². The molecule has 0 bridgehead atoms. The van der Waals surface area contributed by atoms with E-state index in [0.29, 0.717) is 12.5 Å². The summed E-state index contributed by atoms with van der Waals surface area (Å²) < 4.78 is 0. The van der Waals surface area contributed by atoms with Crippen molar-refractivity contribution in [2.45, 2.75) is 27.2 Å². The van der Waals surface area contributed by atoms with Gasteiger partial charge in [0.15, 0.2) is 5.78 Å². The SMILES string of the molecule is C=CC(=O)CN(CCC)CC(C)C. The van der Waals surface area contributed by atoms with Gasteiger partial charge in [0.1, 0.15) is 0 Å². The van der Waals surface area contributed by atoms with Gasteiger partial charge in [-0.25, -0.2) is 0 Å². The predicted octanol–water partition coefficient (Wildman–Crippen LogP) is 2.11. The summed E-state index contributed by atoms with van der Waals surface area (Å²) in [6, 6.07) is 0. The van der Waals surface area contributed by atoms with E-state index in [2.05, 4.69) is 32.3 Å². The third kappa shape index (κ3) is 6.52. The van der Waals surface area contributed by atoms with Gasteiger partial charge in [-0.1, -0.05) is 27.4 Å². The second-order valence-electron chi connectivity index (χ2n) is 3.80. The summed E-state index contributed by atoms with van der Waals surface area (Å²) in [4.78, 5) is 13.3. The molecule has 2 nitrogen and oxygen atoms in total. The fourth-order valence-electron chi connectivity index (χ4n) is 1.35. The van der Waals surface area contributed by atoms with Crippen molar-refractivity contribution in [2.75, 3.05) is 19.6 Å². The normalized spacial score (nSPS) is 10.8. The molecule has 0 unspecified atom stereocenters. The van der Waals surface area contributed by atoms with Gasteiger partial charge in [0.2, 0.25) is 0 Å². The summed E-state index contributed by atoms with van der Waals surface area (Å²) >= 11 is 0. The lowest BCUT2D eigenvalue weighted by molar-refractivity contribution is -0.115. The Hall–Kier alpha value is -0.630. The second-order valence-corrected chi connectivity index (χ2v) is 3.80. The molecule has 0 aromatic carbocycles. The molecular formula is C11H21NO. The number of nitrogens with zero attached hydrogens (tertiary/aromatic N) is 1. The Kier molecular flexibility index (Phi) is 6.51. The van der Waals surface area contributed by atoms with Gasteiger partial charge in [-0.05, 0) is 25.0 Å². The topological polar surface area (TPSA) is 20.3 Å². The Morgan fingerprint density at radius 1 is 1.54 bits per heavy atom. The molecule has 0 fully saturated rings. The molecule has 0 aromatic rings. The summed E-state index contributed by atoms with van der Waals surface area (Å²) in [7, 11) is 0. The lowest BCUT2D eigenvalue weighted by Crippen LogP contribution is -2.33. The summed E-state index contributed by atoms with van der Waals surface area (Å²) in [6.07, 6.45) is 2.50. The van der Waals surface area contributed by atoms with E-state index in [9.17, 15) is 4.79 Å². The molecule has 76 valence electrons. The molecule has 0 rings (SSSR count). The number of hydrogen-bond acceptors (Lipinski definition) is 2. The number of carbonyl (C=O) groups is 1. The zero-order chi connectivity index (χ0) is 10.3. The highest BCUT2D eigenvalue weighted by molar-refractivity contribution is 5.90. The van der Waals surface area contributed by atoms with Crippen molar-refractivity contribution in [1.29, 1.82) is 0 Å². The monoisotopic (exact) mass is 183 g/mol. The first kappa shape index (κ1) is 12.4. The summed E-state index contributed by atoms with van der Waals surface area (Å²) in [5.41, 5.74) is 0. The minimum Gasteiger partial charge on any atom is -0.296 e. The Morgan fingerprint density at radius 2 is 2.15 bits per heavy atom. The van der Waals surface area contributed by atoms with Crippen LogP contribution in [0.4, 0.5) is 0 Å². The average molecular weight is 183 g/mol. The largest absolute Gasteiger partial charge is 0.296 e. The fourth-order valence-corrected chi connectivity index (χ4v) is 1.35. The molecule has 0 N–H and O–H groups in total. The van der Waals surface area contributed by atoms with Gasteiger partial charge >= 0.3 is 0 Å². The molecule has 13 heavy (non-hydrogen) atoms. The number of rotatable bonds is 7. The third-order valence-corrected chi connectivity index (χ3v) is 1.77. The lowest BCUT2D eigenvalue weighted by Gasteiger charge is -2.22. The van der Waals surface area contributed by atoms with Gasteiger partial charge in [-0.15, -0.1) is 0 Å². The van der Waals surface area contributed by atoms with Crippen molar-refractivity contribution in [3.8, 4) is 0 Å². The number of hydrogen-bond donors (Lipinski definition) is 0. The third-order valence-electron chi connectivity index (χ3n) is 1.77. The minimum absolute atomic E-state index is 0.120. The lowest BCUT2D eigenvalue weighted by atomic mass is 10.2. The van der Waals surface area contributed by atoms with Crippen LogP contribution in [-0.2, 0) is 4.79 Å². The van der Waals surface area contributed by atoms with Gasteiger partial charge in [0, 0.05) is 6.54 Å². The summed E-state index contributed by atoms with van der Waals surface area (Å²) in [5.74, 6) is 0.735. The molecule has 0 aliphatic carbocycles. The highest BCUT2D eigenvalue weighted by Gasteiger charge is 2.08. The maximum absolute atomic E-state index is 11.1. The molecule has 0 saturated heterocycles. The first-order valence-corrected chi connectivity index (χ1v) is 4.97. The zero-order valence-corrected chi connectivity index (χ0v) is 9.05. The van der Waals surface area contributed by atoms with Gasteiger partial charge in [-0.3, -0.25) is 9.69 Å². The molecule has 0 aromatic heterocycles. The maximum Gasteiger partial charge on any atom is 0.169 e. The zero-order valence-electron chi connectivity index (χ0n) is 9.05. The van der Waals surface area contributed by atoms with Crippen molar-refractivity contribution >= 4 is 5.78 Å². The van der Waals surface area contributed by atoms with Gasteiger partial charge in [0.25, 0.3) is 0 Å². The van der Waals surface area contributed by atoms with E-state index in [1.807, 2.05) is 0 Å². The van der Waals surface area contributed by atoms with Crippen LogP contribution in [0.2, 0.25) is 0 Å². The summed E-state index contributed by atoms with van der Waals surface area (Å²) in [6.45, 7) is 12.5. The molecular weight excluding hydrogens is 162 g/mol. The maximum atomic E-state index is 11.1. The highest BCUT2D eigenvalue weighted by Crippen LogP contribution is 1.99. The predicted molar refractivity (Wildman–Crippen MR) is 56.8 cm³/mol. The molecule has 0 aliphatic rings. The quantitative estimate of drug-likeness (QED) is 0.563. The van der Waals surface area contributed by atoms with Crippen LogP contribution in [0.5, 0.6) is 0 Å². The molecule has 2 heteroatoms. The van der Waals surface area contributed by atoms with E-state index < -0.39 is 0 Å². The van der Waals surface area contributed by atoms with Crippen LogP contribution in [0, 0.1) is 5.92 Å². The second kappa shape index (κ2) is 6.84. The Morgan fingerprint density at radius 3 is 2.54 bits per heavy atom. The molecule has 0 amide bonds. The van der Waals surface area contributed by atoms with E-state index in [-0.39, 0.29) is 5.78 Å². The van der Waals surface area contributed by atoms with Crippen LogP contribution in [0.3, 0.4) is 0 Å². The van der Waals surface area contributed by atoms with Crippen LogP contribution < -0.4 is 0 Å². The van der Waals surface area contributed by atoms with Crippen molar-refractivity contribution < 1.29 is 4.79 Å². The van der Waals surface area contributed by atoms with Gasteiger partial charge in [0.05, 0.1) is 6.54 Å². The molecule has 0 atom stereocenters. The van der Waals surface area contributed by atoms with Crippen molar-refractivity contribution in [3.05, 3.63) is 12.7 Å². The van der Waals surface area contributed by atoms with Crippen LogP contribution in [-0.4, -0.2) is 30.3 Å². The Balaban J connectivity index is 3.92. The molecule has 0 heterocycles. The molecule has 0 spiro atoms. The van der Waals surface area contributed by atoms with Crippen molar-refractivity contribution in [3.63, 3.8) is 0 Å². The number of carbonyl (C=O) groups excluding carboxylic acids is 1. The molecule has 0 aliphatic heterocycles. The Bertz CT molecular complexity index is 163. The Labute approximate surface area is 81.6 Å². The van der Waals surface area contributed by atoms with E-state index >= 15 is 0 Å². The first-order chi connectivity index (χ1) is 6.10. The molecule has 0 radical (unpaired) electrons. The van der Waals surface area contributed by atoms with E-state index in [1.54, 1.807) is 0 Å². The number of ketones is 1. The van der Waals surface area contributed by atoms with E-state index in [1.165, 1.54) is 6.08 Å². The average Bonchev–Trinajstić information content (AvgIpc) is 2.03. The van der Waals surface area contributed by atoms with Gasteiger partial charge in [-0.2, -0.15) is 0 Å². The van der Waals surface area contributed by atoms with E-state index in [0.717, 1.165) is 19.5 Å². The highest BCUT2D eigenvalue weighted by atomic mass is 16.1. The minimum atomic E-state index is 0.120. The van der Waals surface area contributed by atoms with Crippen LogP contribution in [0.1, 0.15) is 27.2 Å². The smallest absolute Gasteiger partial charge is 0.169 e. The van der Waals surface area contributed by atoms with Crippen LogP contribution in [0.15, 0.2) is 12.7 Å². The summed E-state index contributed by atoms with van der Waals surface area (Å²) in [5, 5.41) is 0. The molecule has 0 saturated carbocycles. The van der Waals surface area contributed by atoms with Crippen LogP contribution >= 0.6 is 0 Å². The fraction of sp³-hybridized carbons (Fsp3) is 0.727. The van der Waals surface area contributed by atoms with E-state index in [4.69, 9.17) is 0 Å². The standard InChI is InChI=1S/C11H21NO/c1-5-7-12(8-10(3)4)9-11(13)6-2/h6,10H,2,5,7-9H2,1,3-4H3. The van der Waals surface area contributed by atoms with Gasteiger partial charge < -0.3 is 0 Å². The first-order valence-electron chi connectivity index (χ1n) is 4.97. The van der Waals surface area contributed by atoms with Crippen molar-refractivity contribution in [2.24, 2.45) is 5.92 Å². The van der Waals surface area contributed by atoms with Crippen LogP contribution in [0.25, 0.3) is 0 Å².